The summed E-state index contributed by atoms with van der Waals surface area (Å²) in [6, 6.07) is 6.15. The molecule has 0 saturated heterocycles. The minimum absolute atomic E-state index is 0.0443. The smallest absolute Gasteiger partial charge is 0.125 e. The van der Waals surface area contributed by atoms with Gasteiger partial charge in [-0.15, -0.1) is 0 Å². The van der Waals surface area contributed by atoms with Gasteiger partial charge >= 0.3 is 0 Å². The molecule has 1 aromatic rings. The van der Waals surface area contributed by atoms with Crippen molar-refractivity contribution in [1.29, 1.82) is 0 Å². The van der Waals surface area contributed by atoms with E-state index in [4.69, 9.17) is 4.74 Å². The summed E-state index contributed by atoms with van der Waals surface area (Å²) in [5, 5.41) is 9.85. The van der Waals surface area contributed by atoms with Crippen molar-refractivity contribution in [2.45, 2.75) is 38.2 Å². The summed E-state index contributed by atoms with van der Waals surface area (Å²) in [4.78, 5) is 0. The molecule has 15 heavy (non-hydrogen) atoms. The van der Waals surface area contributed by atoms with Crippen molar-refractivity contribution in [3.8, 4) is 5.75 Å². The standard InChI is InChI=1S/C13H18O2/c1-9-5-4-6-11(12(9)15-3)13(7-8-13)10(2)14/h4-6,10,14H,7-8H2,1-3H3. The number of ether oxygens (including phenoxy) is 1. The molecule has 1 N–H and O–H groups in total. The number of aliphatic hydroxyl groups is 1. The van der Waals surface area contributed by atoms with Crippen LogP contribution in [0.15, 0.2) is 18.2 Å². The highest BCUT2D eigenvalue weighted by Gasteiger charge is 2.50. The van der Waals surface area contributed by atoms with Crippen LogP contribution in [-0.2, 0) is 5.41 Å². The van der Waals surface area contributed by atoms with Crippen molar-refractivity contribution in [3.05, 3.63) is 29.3 Å². The van der Waals surface area contributed by atoms with Crippen molar-refractivity contribution < 1.29 is 9.84 Å². The Hall–Kier alpha value is -1.02. The van der Waals surface area contributed by atoms with E-state index in [0.29, 0.717) is 0 Å². The lowest BCUT2D eigenvalue weighted by Gasteiger charge is -2.22. The van der Waals surface area contributed by atoms with Gasteiger partial charge in [-0.25, -0.2) is 0 Å². The highest BCUT2D eigenvalue weighted by atomic mass is 16.5. The van der Waals surface area contributed by atoms with Gasteiger partial charge in [0.1, 0.15) is 5.75 Å². The van der Waals surface area contributed by atoms with Gasteiger partial charge in [0.15, 0.2) is 0 Å². The van der Waals surface area contributed by atoms with Crippen LogP contribution in [0.4, 0.5) is 0 Å². The van der Waals surface area contributed by atoms with Crippen LogP contribution in [0.2, 0.25) is 0 Å². The SMILES string of the molecule is COc1c(C)cccc1C1(C(C)O)CC1. The maximum atomic E-state index is 9.85. The van der Waals surface area contributed by atoms with Gasteiger partial charge in [0.05, 0.1) is 13.2 Å². The zero-order valence-electron chi connectivity index (χ0n) is 9.58. The van der Waals surface area contributed by atoms with Crippen LogP contribution in [0.5, 0.6) is 5.75 Å². The van der Waals surface area contributed by atoms with Gasteiger partial charge in [0, 0.05) is 11.0 Å². The number of benzene rings is 1. The van der Waals surface area contributed by atoms with Gasteiger partial charge in [-0.05, 0) is 32.3 Å². The zero-order valence-corrected chi connectivity index (χ0v) is 9.58. The van der Waals surface area contributed by atoms with Gasteiger partial charge in [0.25, 0.3) is 0 Å². The zero-order chi connectivity index (χ0) is 11.1. The van der Waals surface area contributed by atoms with E-state index in [2.05, 4.69) is 6.07 Å². The second-order valence-electron chi connectivity index (χ2n) is 4.49. The summed E-state index contributed by atoms with van der Waals surface area (Å²) in [5.41, 5.74) is 2.26. The van der Waals surface area contributed by atoms with Gasteiger partial charge in [-0.2, -0.15) is 0 Å². The van der Waals surface area contributed by atoms with Gasteiger partial charge < -0.3 is 9.84 Å². The Balaban J connectivity index is 2.49. The van der Waals surface area contributed by atoms with E-state index >= 15 is 0 Å². The second kappa shape index (κ2) is 3.53. The maximum absolute atomic E-state index is 9.85. The van der Waals surface area contributed by atoms with E-state index in [-0.39, 0.29) is 11.5 Å². The molecule has 2 rings (SSSR count). The molecule has 0 aromatic heterocycles. The Morgan fingerprint density at radius 3 is 2.53 bits per heavy atom. The Morgan fingerprint density at radius 2 is 2.07 bits per heavy atom. The highest BCUT2D eigenvalue weighted by molar-refractivity contribution is 5.48. The Kier molecular flexibility index (Phi) is 2.47. The largest absolute Gasteiger partial charge is 0.496 e. The van der Waals surface area contributed by atoms with Crippen molar-refractivity contribution in [3.63, 3.8) is 0 Å². The van der Waals surface area contributed by atoms with Crippen LogP contribution < -0.4 is 4.74 Å². The Labute approximate surface area is 90.9 Å². The third-order valence-electron chi connectivity index (χ3n) is 3.54. The summed E-state index contributed by atoms with van der Waals surface area (Å²) < 4.78 is 5.44. The third kappa shape index (κ3) is 1.53. The topological polar surface area (TPSA) is 29.5 Å². The lowest BCUT2D eigenvalue weighted by atomic mass is 9.89. The normalized spacial score (nSPS) is 19.7. The monoisotopic (exact) mass is 206 g/mol. The molecule has 1 aliphatic carbocycles. The van der Waals surface area contributed by atoms with E-state index in [0.717, 1.165) is 24.2 Å². The number of aryl methyl sites for hydroxylation is 1. The third-order valence-corrected chi connectivity index (χ3v) is 3.54. The molecule has 2 nitrogen and oxygen atoms in total. The molecule has 1 fully saturated rings. The fraction of sp³-hybridized carbons (Fsp3) is 0.538. The minimum Gasteiger partial charge on any atom is -0.496 e. The van der Waals surface area contributed by atoms with Crippen LogP contribution in [0, 0.1) is 6.92 Å². The number of hydrogen-bond acceptors (Lipinski definition) is 2. The molecule has 1 saturated carbocycles. The molecule has 0 aliphatic heterocycles. The average molecular weight is 206 g/mol. The number of methoxy groups -OCH3 is 1. The molecule has 0 amide bonds. The van der Waals surface area contributed by atoms with Crippen LogP contribution in [0.3, 0.4) is 0 Å². The summed E-state index contributed by atoms with van der Waals surface area (Å²) in [7, 11) is 1.70. The van der Waals surface area contributed by atoms with Crippen molar-refractivity contribution in [1.82, 2.24) is 0 Å². The first-order chi connectivity index (χ1) is 7.12. The summed E-state index contributed by atoms with van der Waals surface area (Å²) in [6.07, 6.45) is 1.82. The molecule has 0 heterocycles. The maximum Gasteiger partial charge on any atom is 0.125 e. The first-order valence-corrected chi connectivity index (χ1v) is 5.44. The molecule has 1 unspecified atom stereocenters. The minimum atomic E-state index is -0.298. The van der Waals surface area contributed by atoms with E-state index in [1.54, 1.807) is 7.11 Å². The summed E-state index contributed by atoms with van der Waals surface area (Å²) in [6.45, 7) is 3.91. The molecule has 0 bridgehead atoms. The molecular weight excluding hydrogens is 188 g/mol. The number of aliphatic hydroxyl groups excluding tert-OH is 1. The predicted molar refractivity (Wildman–Crippen MR) is 60.3 cm³/mol. The average Bonchev–Trinajstić information content (AvgIpc) is 2.98. The van der Waals surface area contributed by atoms with E-state index in [9.17, 15) is 5.11 Å². The highest BCUT2D eigenvalue weighted by Crippen LogP contribution is 2.54. The lowest BCUT2D eigenvalue weighted by molar-refractivity contribution is 0.149. The second-order valence-corrected chi connectivity index (χ2v) is 4.49. The van der Waals surface area contributed by atoms with Crippen LogP contribution >= 0.6 is 0 Å². The van der Waals surface area contributed by atoms with Crippen LogP contribution in [-0.4, -0.2) is 18.3 Å². The summed E-state index contributed by atoms with van der Waals surface area (Å²) in [5.74, 6) is 0.941. The predicted octanol–water partition coefficient (Wildman–Crippen LogP) is 2.42. The molecule has 1 aliphatic rings. The fourth-order valence-corrected chi connectivity index (χ4v) is 2.36. The summed E-state index contributed by atoms with van der Waals surface area (Å²) >= 11 is 0. The fourth-order valence-electron chi connectivity index (χ4n) is 2.36. The van der Waals surface area contributed by atoms with Crippen LogP contribution in [0.1, 0.15) is 30.9 Å². The molecule has 82 valence electrons. The molecule has 0 spiro atoms. The van der Waals surface area contributed by atoms with Crippen molar-refractivity contribution >= 4 is 0 Å². The van der Waals surface area contributed by atoms with E-state index < -0.39 is 0 Å². The number of hydrogen-bond donors (Lipinski definition) is 1. The molecule has 1 aromatic carbocycles. The lowest BCUT2D eigenvalue weighted by Crippen LogP contribution is -2.23. The molecule has 1 atom stereocenters. The van der Waals surface area contributed by atoms with Gasteiger partial charge in [-0.3, -0.25) is 0 Å². The first-order valence-electron chi connectivity index (χ1n) is 5.44. The van der Waals surface area contributed by atoms with Gasteiger partial charge in [-0.1, -0.05) is 18.2 Å². The molecular formula is C13H18O2. The Morgan fingerprint density at radius 1 is 1.40 bits per heavy atom. The quantitative estimate of drug-likeness (QED) is 0.823. The number of rotatable bonds is 3. The van der Waals surface area contributed by atoms with Gasteiger partial charge in [0.2, 0.25) is 0 Å². The van der Waals surface area contributed by atoms with E-state index in [1.165, 1.54) is 5.56 Å². The number of para-hydroxylation sites is 1. The first kappa shape index (κ1) is 10.5. The molecule has 0 radical (unpaired) electrons. The van der Waals surface area contributed by atoms with Crippen LogP contribution in [0.25, 0.3) is 0 Å². The Bertz CT molecular complexity index is 365. The van der Waals surface area contributed by atoms with Crippen molar-refractivity contribution in [2.75, 3.05) is 7.11 Å². The van der Waals surface area contributed by atoms with Crippen molar-refractivity contribution in [2.24, 2.45) is 0 Å². The molecule has 2 heteroatoms. The van der Waals surface area contributed by atoms with E-state index in [1.807, 2.05) is 26.0 Å².